The van der Waals surface area contributed by atoms with E-state index in [2.05, 4.69) is 10.2 Å². The predicted octanol–water partition coefficient (Wildman–Crippen LogP) is 3.41. The second-order valence-corrected chi connectivity index (χ2v) is 5.36. The van der Waals surface area contributed by atoms with Crippen molar-refractivity contribution in [3.8, 4) is 0 Å². The number of aliphatic hydroxyl groups excluding tert-OH is 2. The van der Waals surface area contributed by atoms with Gasteiger partial charge in [-0.3, -0.25) is 0 Å². The predicted molar refractivity (Wildman–Crippen MR) is 93.3 cm³/mol. The fourth-order valence-corrected chi connectivity index (χ4v) is 1.72. The summed E-state index contributed by atoms with van der Waals surface area (Å²) < 4.78 is 0. The number of benzene rings is 2. The number of hydrogen-bond acceptors (Lipinski definition) is 5. The lowest BCUT2D eigenvalue weighted by atomic mass is 10.1. The molecule has 0 bridgehead atoms. The number of hydrogen-bond donors (Lipinski definition) is 3. The van der Waals surface area contributed by atoms with Crippen LogP contribution in [0, 0.1) is 13.8 Å². The van der Waals surface area contributed by atoms with E-state index in [-0.39, 0.29) is 6.61 Å². The van der Waals surface area contributed by atoms with Gasteiger partial charge in [0.1, 0.15) is 0 Å². The number of azo groups is 1. The summed E-state index contributed by atoms with van der Waals surface area (Å²) in [4.78, 5) is 0. The first-order chi connectivity index (χ1) is 11.0. The maximum atomic E-state index is 8.54. The quantitative estimate of drug-likeness (QED) is 0.755. The minimum atomic E-state index is -0.606. The van der Waals surface area contributed by atoms with E-state index in [4.69, 9.17) is 15.9 Å². The highest BCUT2D eigenvalue weighted by molar-refractivity contribution is 5.51. The van der Waals surface area contributed by atoms with Gasteiger partial charge in [0.15, 0.2) is 0 Å². The van der Waals surface area contributed by atoms with Gasteiger partial charge in [-0.05, 0) is 44.0 Å². The van der Waals surface area contributed by atoms with Crippen LogP contribution in [0.25, 0.3) is 0 Å². The molecule has 0 aliphatic heterocycles. The lowest BCUT2D eigenvalue weighted by molar-refractivity contribution is 0.123. The highest BCUT2D eigenvalue weighted by atomic mass is 16.3. The van der Waals surface area contributed by atoms with Crippen LogP contribution in [0.1, 0.15) is 18.1 Å². The van der Waals surface area contributed by atoms with Crippen molar-refractivity contribution in [2.45, 2.75) is 32.9 Å². The fourth-order valence-electron chi connectivity index (χ4n) is 1.72. The fraction of sp³-hybridized carbons (Fsp3) is 0.333. The Balaban J connectivity index is 0.000000322. The van der Waals surface area contributed by atoms with Crippen molar-refractivity contribution in [1.82, 2.24) is 0 Å². The maximum absolute atomic E-state index is 8.54. The second-order valence-electron chi connectivity index (χ2n) is 5.36. The standard InChI is InChI=1S/C14H14N2.C4H11NO2/c1-11-7-6-8-12(2)14(11)16-15-13-9-4-3-5-10-13;1-3(7)4(5)2-6/h3-10H,1-2H3;3-4,6-7H,2,5H2,1H3. The van der Waals surface area contributed by atoms with Crippen LogP contribution in [0.15, 0.2) is 58.8 Å². The Labute approximate surface area is 137 Å². The van der Waals surface area contributed by atoms with Crippen LogP contribution in [-0.2, 0) is 0 Å². The first-order valence-corrected chi connectivity index (χ1v) is 7.53. The van der Waals surface area contributed by atoms with Crippen molar-refractivity contribution in [3.05, 3.63) is 59.7 Å². The molecule has 0 saturated heterocycles. The summed E-state index contributed by atoms with van der Waals surface area (Å²) >= 11 is 0. The molecule has 0 radical (unpaired) electrons. The zero-order valence-electron chi connectivity index (χ0n) is 13.8. The summed E-state index contributed by atoms with van der Waals surface area (Å²) in [7, 11) is 0. The molecule has 4 N–H and O–H groups in total. The van der Waals surface area contributed by atoms with Gasteiger partial charge in [0, 0.05) is 0 Å². The maximum Gasteiger partial charge on any atom is 0.0915 e. The van der Waals surface area contributed by atoms with E-state index in [9.17, 15) is 0 Å². The molecular formula is C18H25N3O2. The molecule has 0 fully saturated rings. The molecule has 2 atom stereocenters. The highest BCUT2D eigenvalue weighted by Gasteiger charge is 2.04. The van der Waals surface area contributed by atoms with E-state index in [0.717, 1.165) is 22.5 Å². The Morgan fingerprint density at radius 1 is 0.957 bits per heavy atom. The number of nitrogens with zero attached hydrogens (tertiary/aromatic N) is 2. The van der Waals surface area contributed by atoms with Crippen molar-refractivity contribution in [2.24, 2.45) is 16.0 Å². The van der Waals surface area contributed by atoms with Gasteiger partial charge in [-0.25, -0.2) is 0 Å². The van der Waals surface area contributed by atoms with E-state index in [1.54, 1.807) is 6.92 Å². The third-order valence-corrected chi connectivity index (χ3v) is 3.29. The van der Waals surface area contributed by atoms with Crippen molar-refractivity contribution in [2.75, 3.05) is 6.61 Å². The van der Waals surface area contributed by atoms with E-state index in [1.807, 2.05) is 62.4 Å². The summed E-state index contributed by atoms with van der Waals surface area (Å²) in [5.74, 6) is 0. The van der Waals surface area contributed by atoms with Crippen LogP contribution in [-0.4, -0.2) is 29.0 Å². The molecule has 0 spiro atoms. The Kier molecular flexibility index (Phi) is 8.11. The van der Waals surface area contributed by atoms with Gasteiger partial charge in [-0.15, -0.1) is 0 Å². The molecule has 5 heteroatoms. The number of aliphatic hydroxyl groups is 2. The number of nitrogens with two attached hydrogens (primary N) is 1. The van der Waals surface area contributed by atoms with Crippen LogP contribution in [0.4, 0.5) is 11.4 Å². The van der Waals surface area contributed by atoms with Crippen LogP contribution in [0.2, 0.25) is 0 Å². The highest BCUT2D eigenvalue weighted by Crippen LogP contribution is 2.25. The summed E-state index contributed by atoms with van der Waals surface area (Å²) in [5.41, 5.74) is 9.26. The third kappa shape index (κ3) is 6.69. The van der Waals surface area contributed by atoms with Gasteiger partial charge >= 0.3 is 0 Å². The Morgan fingerprint density at radius 3 is 1.96 bits per heavy atom. The van der Waals surface area contributed by atoms with Crippen molar-refractivity contribution >= 4 is 11.4 Å². The third-order valence-electron chi connectivity index (χ3n) is 3.29. The first-order valence-electron chi connectivity index (χ1n) is 7.53. The Morgan fingerprint density at radius 2 is 1.52 bits per heavy atom. The van der Waals surface area contributed by atoms with E-state index < -0.39 is 12.1 Å². The second kappa shape index (κ2) is 9.84. The van der Waals surface area contributed by atoms with Gasteiger partial charge < -0.3 is 15.9 Å². The molecule has 0 aliphatic rings. The molecule has 5 nitrogen and oxygen atoms in total. The molecule has 124 valence electrons. The Bertz CT molecular complexity index is 593. The summed E-state index contributed by atoms with van der Waals surface area (Å²) in [6, 6.07) is 15.4. The van der Waals surface area contributed by atoms with Gasteiger partial charge in [-0.2, -0.15) is 10.2 Å². The minimum Gasteiger partial charge on any atom is -0.395 e. The van der Waals surface area contributed by atoms with E-state index in [1.165, 1.54) is 0 Å². The van der Waals surface area contributed by atoms with Crippen LogP contribution < -0.4 is 5.73 Å². The monoisotopic (exact) mass is 315 g/mol. The molecule has 0 aromatic heterocycles. The van der Waals surface area contributed by atoms with Gasteiger partial charge in [0.2, 0.25) is 0 Å². The van der Waals surface area contributed by atoms with Crippen molar-refractivity contribution in [3.63, 3.8) is 0 Å². The van der Waals surface area contributed by atoms with Gasteiger partial charge in [0.25, 0.3) is 0 Å². The van der Waals surface area contributed by atoms with Crippen LogP contribution >= 0.6 is 0 Å². The van der Waals surface area contributed by atoms with Crippen molar-refractivity contribution in [1.29, 1.82) is 0 Å². The van der Waals surface area contributed by atoms with Gasteiger partial charge in [-0.1, -0.05) is 36.4 Å². The molecule has 2 unspecified atom stereocenters. The SMILES string of the molecule is CC(O)C(N)CO.Cc1cccc(C)c1N=Nc1ccccc1. The van der Waals surface area contributed by atoms with E-state index in [0.29, 0.717) is 0 Å². The molecule has 23 heavy (non-hydrogen) atoms. The molecule has 0 amide bonds. The van der Waals surface area contributed by atoms with Gasteiger partial charge in [0.05, 0.1) is 30.1 Å². The van der Waals surface area contributed by atoms with Crippen molar-refractivity contribution < 1.29 is 10.2 Å². The largest absolute Gasteiger partial charge is 0.395 e. The average molecular weight is 315 g/mol. The summed E-state index contributed by atoms with van der Waals surface area (Å²) in [6.07, 6.45) is -0.606. The number of aryl methyl sites for hydroxylation is 2. The molecular weight excluding hydrogens is 290 g/mol. The first kappa shape index (κ1) is 19.0. The molecule has 2 aromatic rings. The zero-order valence-corrected chi connectivity index (χ0v) is 13.8. The molecule has 0 aliphatic carbocycles. The normalized spacial score (nSPS) is 13.3. The number of rotatable bonds is 4. The minimum absolute atomic E-state index is 0.155. The summed E-state index contributed by atoms with van der Waals surface area (Å²) in [6.45, 7) is 5.48. The lowest BCUT2D eigenvalue weighted by Gasteiger charge is -2.08. The molecule has 0 saturated carbocycles. The topological polar surface area (TPSA) is 91.2 Å². The molecule has 2 aromatic carbocycles. The molecule has 2 rings (SSSR count). The average Bonchev–Trinajstić information content (AvgIpc) is 2.55. The van der Waals surface area contributed by atoms with Crippen LogP contribution in [0.3, 0.4) is 0 Å². The Hall–Kier alpha value is -2.08. The smallest absolute Gasteiger partial charge is 0.0915 e. The van der Waals surface area contributed by atoms with E-state index >= 15 is 0 Å². The zero-order chi connectivity index (χ0) is 17.2. The van der Waals surface area contributed by atoms with Crippen LogP contribution in [0.5, 0.6) is 0 Å². The lowest BCUT2D eigenvalue weighted by Crippen LogP contribution is -2.35. The summed E-state index contributed by atoms with van der Waals surface area (Å²) in [5, 5.41) is 25.3. The molecule has 0 heterocycles.